The summed E-state index contributed by atoms with van der Waals surface area (Å²) < 4.78 is 10.9. The van der Waals surface area contributed by atoms with Gasteiger partial charge in [-0.15, -0.1) is 0 Å². The Morgan fingerprint density at radius 3 is 2.56 bits per heavy atom. The lowest BCUT2D eigenvalue weighted by Crippen LogP contribution is -2.23. The van der Waals surface area contributed by atoms with E-state index in [1.165, 1.54) is 0 Å². The van der Waals surface area contributed by atoms with Crippen LogP contribution in [0.15, 0.2) is 53.1 Å². The van der Waals surface area contributed by atoms with Gasteiger partial charge >= 0.3 is 0 Å². The lowest BCUT2D eigenvalue weighted by Gasteiger charge is -2.06. The third-order valence-corrected chi connectivity index (χ3v) is 4.06. The maximum atomic E-state index is 12.3. The quantitative estimate of drug-likeness (QED) is 0.607. The van der Waals surface area contributed by atoms with Crippen molar-refractivity contribution in [1.29, 1.82) is 0 Å². The van der Waals surface area contributed by atoms with Gasteiger partial charge in [-0.3, -0.25) is 4.79 Å². The van der Waals surface area contributed by atoms with Gasteiger partial charge in [0.2, 0.25) is 0 Å². The van der Waals surface area contributed by atoms with Crippen molar-refractivity contribution in [2.75, 3.05) is 6.61 Å². The molecule has 0 saturated carbocycles. The molecule has 0 aliphatic heterocycles. The van der Waals surface area contributed by atoms with Gasteiger partial charge in [-0.25, -0.2) is 0 Å². The van der Waals surface area contributed by atoms with Gasteiger partial charge in [0, 0.05) is 11.1 Å². The Bertz CT molecular complexity index is 870. The number of benzene rings is 2. The molecule has 1 N–H and O–H groups in total. The summed E-state index contributed by atoms with van der Waals surface area (Å²) in [7, 11) is 0. The molecule has 0 atom stereocenters. The van der Waals surface area contributed by atoms with E-state index in [1.807, 2.05) is 31.2 Å². The van der Waals surface area contributed by atoms with Gasteiger partial charge in [0.1, 0.15) is 5.75 Å². The predicted molar refractivity (Wildman–Crippen MR) is 102 cm³/mol. The third-order valence-electron chi connectivity index (χ3n) is 4.06. The first-order valence-corrected chi connectivity index (χ1v) is 9.06. The molecule has 2 aromatic carbocycles. The van der Waals surface area contributed by atoms with Crippen LogP contribution >= 0.6 is 0 Å². The second-order valence-electron chi connectivity index (χ2n) is 6.29. The highest BCUT2D eigenvalue weighted by atomic mass is 16.5. The lowest BCUT2D eigenvalue weighted by molar-refractivity contribution is 0.0949. The van der Waals surface area contributed by atoms with Crippen molar-refractivity contribution in [1.82, 2.24) is 15.5 Å². The minimum Gasteiger partial charge on any atom is -0.494 e. The number of hydrogen-bond acceptors (Lipinski definition) is 5. The van der Waals surface area contributed by atoms with E-state index in [-0.39, 0.29) is 12.5 Å². The highest BCUT2D eigenvalue weighted by molar-refractivity contribution is 5.94. The number of carbonyl (C=O) groups excluding carboxylic acids is 1. The summed E-state index contributed by atoms with van der Waals surface area (Å²) in [6.45, 7) is 5.01. The second-order valence-corrected chi connectivity index (χ2v) is 6.29. The summed E-state index contributed by atoms with van der Waals surface area (Å²) in [6, 6.07) is 14.9. The molecule has 3 rings (SSSR count). The van der Waals surface area contributed by atoms with Gasteiger partial charge in [0.15, 0.2) is 5.82 Å². The summed E-state index contributed by atoms with van der Waals surface area (Å²) in [6.07, 6.45) is 2.10. The molecule has 0 unspecified atom stereocenters. The molecular weight excluding hydrogens is 342 g/mol. The molecule has 1 aromatic heterocycles. The number of rotatable bonds is 8. The SMILES string of the molecule is CCCCOc1ccc(C(=O)NCc2noc(-c3ccc(C)cc3)n2)cc1. The summed E-state index contributed by atoms with van der Waals surface area (Å²) >= 11 is 0. The van der Waals surface area contributed by atoms with Crippen LogP contribution in [-0.2, 0) is 6.54 Å². The molecule has 6 heteroatoms. The molecule has 0 aliphatic carbocycles. The second kappa shape index (κ2) is 8.98. The minimum atomic E-state index is -0.197. The van der Waals surface area contributed by atoms with Crippen molar-refractivity contribution in [2.45, 2.75) is 33.2 Å². The molecule has 1 amide bonds. The zero-order valence-electron chi connectivity index (χ0n) is 15.6. The van der Waals surface area contributed by atoms with Crippen LogP contribution in [0.1, 0.15) is 41.5 Å². The van der Waals surface area contributed by atoms with E-state index in [0.29, 0.717) is 23.9 Å². The Morgan fingerprint density at radius 2 is 1.85 bits per heavy atom. The van der Waals surface area contributed by atoms with Gasteiger partial charge in [-0.1, -0.05) is 36.2 Å². The van der Waals surface area contributed by atoms with Gasteiger partial charge < -0.3 is 14.6 Å². The van der Waals surface area contributed by atoms with Crippen LogP contribution < -0.4 is 10.1 Å². The van der Waals surface area contributed by atoms with Gasteiger partial charge in [-0.2, -0.15) is 4.98 Å². The van der Waals surface area contributed by atoms with E-state index >= 15 is 0 Å². The molecule has 3 aromatic rings. The number of nitrogens with one attached hydrogen (secondary N) is 1. The average molecular weight is 365 g/mol. The normalized spacial score (nSPS) is 10.6. The van der Waals surface area contributed by atoms with Crippen molar-refractivity contribution < 1.29 is 14.1 Å². The molecule has 6 nitrogen and oxygen atoms in total. The fourth-order valence-corrected chi connectivity index (χ4v) is 2.44. The Labute approximate surface area is 158 Å². The molecule has 0 radical (unpaired) electrons. The van der Waals surface area contributed by atoms with Crippen molar-refractivity contribution in [3.05, 3.63) is 65.5 Å². The van der Waals surface area contributed by atoms with E-state index in [0.717, 1.165) is 29.7 Å². The smallest absolute Gasteiger partial charge is 0.257 e. The molecule has 0 bridgehead atoms. The molecule has 0 fully saturated rings. The van der Waals surface area contributed by atoms with Crippen molar-refractivity contribution in [3.63, 3.8) is 0 Å². The van der Waals surface area contributed by atoms with Crippen LogP contribution in [0.3, 0.4) is 0 Å². The highest BCUT2D eigenvalue weighted by Gasteiger charge is 2.11. The standard InChI is InChI=1S/C21H23N3O3/c1-3-4-13-26-18-11-9-16(10-12-18)20(25)22-14-19-23-21(27-24-19)17-7-5-15(2)6-8-17/h5-12H,3-4,13-14H2,1-2H3,(H,22,25). The number of nitrogens with zero attached hydrogens (tertiary/aromatic N) is 2. The van der Waals surface area contributed by atoms with Crippen LogP contribution in [-0.4, -0.2) is 22.7 Å². The van der Waals surface area contributed by atoms with Crippen molar-refractivity contribution in [3.8, 4) is 17.2 Å². The predicted octanol–water partition coefficient (Wildman–Crippen LogP) is 4.15. The number of amides is 1. The topological polar surface area (TPSA) is 77.2 Å². The molecule has 0 aliphatic rings. The molecular formula is C21H23N3O3. The largest absolute Gasteiger partial charge is 0.494 e. The summed E-state index contributed by atoms with van der Waals surface area (Å²) in [4.78, 5) is 16.6. The summed E-state index contributed by atoms with van der Waals surface area (Å²) in [5.41, 5.74) is 2.57. The van der Waals surface area contributed by atoms with E-state index in [9.17, 15) is 4.79 Å². The average Bonchev–Trinajstić information content (AvgIpc) is 3.16. The number of aryl methyl sites for hydroxylation is 1. The van der Waals surface area contributed by atoms with Gasteiger partial charge in [0.25, 0.3) is 11.8 Å². The third kappa shape index (κ3) is 5.17. The Balaban J connectivity index is 1.54. The fourth-order valence-electron chi connectivity index (χ4n) is 2.44. The van der Waals surface area contributed by atoms with Crippen LogP contribution in [0.5, 0.6) is 5.75 Å². The zero-order chi connectivity index (χ0) is 19.1. The fraction of sp³-hybridized carbons (Fsp3) is 0.286. The molecule has 0 saturated heterocycles. The first-order valence-electron chi connectivity index (χ1n) is 9.06. The van der Waals surface area contributed by atoms with E-state index < -0.39 is 0 Å². The lowest BCUT2D eigenvalue weighted by atomic mass is 10.1. The Morgan fingerprint density at radius 1 is 1.11 bits per heavy atom. The Kier molecular flexibility index (Phi) is 6.20. The first kappa shape index (κ1) is 18.6. The van der Waals surface area contributed by atoms with E-state index in [4.69, 9.17) is 9.26 Å². The monoisotopic (exact) mass is 365 g/mol. The molecule has 27 heavy (non-hydrogen) atoms. The zero-order valence-corrected chi connectivity index (χ0v) is 15.6. The van der Waals surface area contributed by atoms with Crippen LogP contribution in [0.2, 0.25) is 0 Å². The molecule has 1 heterocycles. The maximum absolute atomic E-state index is 12.3. The summed E-state index contributed by atoms with van der Waals surface area (Å²) in [5, 5.41) is 6.71. The van der Waals surface area contributed by atoms with Crippen molar-refractivity contribution >= 4 is 5.91 Å². The number of ether oxygens (including phenoxy) is 1. The highest BCUT2D eigenvalue weighted by Crippen LogP contribution is 2.17. The number of unbranched alkanes of at least 4 members (excludes halogenated alkanes) is 1. The van der Waals surface area contributed by atoms with Crippen molar-refractivity contribution in [2.24, 2.45) is 0 Å². The van der Waals surface area contributed by atoms with Crippen LogP contribution in [0.4, 0.5) is 0 Å². The van der Waals surface area contributed by atoms with Gasteiger partial charge in [0.05, 0.1) is 13.2 Å². The first-order chi connectivity index (χ1) is 13.2. The van der Waals surface area contributed by atoms with E-state index in [1.54, 1.807) is 24.3 Å². The van der Waals surface area contributed by atoms with Crippen LogP contribution in [0.25, 0.3) is 11.5 Å². The molecule has 0 spiro atoms. The molecule has 140 valence electrons. The number of carbonyl (C=O) groups is 1. The van der Waals surface area contributed by atoms with E-state index in [2.05, 4.69) is 22.4 Å². The van der Waals surface area contributed by atoms with Crippen LogP contribution in [0, 0.1) is 6.92 Å². The Hall–Kier alpha value is -3.15. The summed E-state index contributed by atoms with van der Waals surface area (Å²) in [5.74, 6) is 1.43. The maximum Gasteiger partial charge on any atom is 0.257 e. The number of aromatic nitrogens is 2. The minimum absolute atomic E-state index is 0.197. The number of hydrogen-bond donors (Lipinski definition) is 1. The van der Waals surface area contributed by atoms with Gasteiger partial charge in [-0.05, 0) is 49.7 Å².